The number of nitrogens with one attached hydrogen (secondary N) is 2. The second-order valence-electron chi connectivity index (χ2n) is 11.1. The molecule has 1 heterocycles. The summed E-state index contributed by atoms with van der Waals surface area (Å²) in [6.07, 6.45) is 2.78. The highest BCUT2D eigenvalue weighted by molar-refractivity contribution is 9.10. The molecule has 43 heavy (non-hydrogen) atoms. The standard InChI is InChI=1S/C29H36BrN3O9S/c1-5-18-15-29(18,27(36)40-4)32-25(34)23-14-21(42-43(38,39)22-12-10-19(30)11-13-22)16-33(23)26(35)24(17(2)3)31-28(37)41-20-8-6-7-9-20/h5,10-13,18,20-21,23-24H,1-2,6-9,14-16H2,3-4H3,(H,31,37)(H,32,34)/t18-,21+,23?,24+,29-/m1/s1. The van der Waals surface area contributed by atoms with Crippen molar-refractivity contribution in [2.45, 2.75) is 80.2 Å². The van der Waals surface area contributed by atoms with Gasteiger partial charge in [-0.05, 0) is 68.9 Å². The van der Waals surface area contributed by atoms with Crippen molar-refractivity contribution in [3.8, 4) is 0 Å². The third-order valence-electron chi connectivity index (χ3n) is 7.99. The first-order valence-corrected chi connectivity index (χ1v) is 16.2. The Morgan fingerprint density at radius 1 is 1.14 bits per heavy atom. The van der Waals surface area contributed by atoms with Crippen molar-refractivity contribution in [2.75, 3.05) is 13.7 Å². The molecule has 4 rings (SSSR count). The second kappa shape index (κ2) is 13.2. The van der Waals surface area contributed by atoms with Gasteiger partial charge in [-0.15, -0.1) is 6.58 Å². The van der Waals surface area contributed by atoms with Gasteiger partial charge in [0.2, 0.25) is 11.8 Å². The van der Waals surface area contributed by atoms with Gasteiger partial charge in [0, 0.05) is 23.4 Å². The maximum atomic E-state index is 13.9. The molecule has 14 heteroatoms. The summed E-state index contributed by atoms with van der Waals surface area (Å²) in [7, 11) is -3.07. The zero-order valence-electron chi connectivity index (χ0n) is 24.0. The van der Waals surface area contributed by atoms with Gasteiger partial charge in [0.15, 0.2) is 0 Å². The predicted octanol–water partition coefficient (Wildman–Crippen LogP) is 2.97. The van der Waals surface area contributed by atoms with Crippen LogP contribution in [0, 0.1) is 5.92 Å². The van der Waals surface area contributed by atoms with Crippen molar-refractivity contribution < 1.29 is 41.3 Å². The Labute approximate surface area is 259 Å². The average molecular weight is 683 g/mol. The van der Waals surface area contributed by atoms with E-state index in [0.717, 1.165) is 30.6 Å². The number of esters is 1. The highest BCUT2D eigenvalue weighted by atomic mass is 79.9. The van der Waals surface area contributed by atoms with Gasteiger partial charge in [0.05, 0.1) is 18.1 Å². The molecule has 1 aromatic rings. The van der Waals surface area contributed by atoms with Gasteiger partial charge in [0.1, 0.15) is 23.7 Å². The van der Waals surface area contributed by atoms with Crippen LogP contribution in [-0.2, 0) is 38.2 Å². The number of likely N-dealkylation sites (tertiary alicyclic amines) is 1. The topological polar surface area (TPSA) is 157 Å². The number of halogens is 1. The van der Waals surface area contributed by atoms with Gasteiger partial charge in [0.25, 0.3) is 10.1 Å². The SMILES string of the molecule is C=C[C@@H]1C[C@]1(NC(=O)C1C[C@H](OS(=O)(=O)c2ccc(Br)cc2)CN1C(=O)[C@@H](NC(=O)OC1CCCC1)C(=C)C)C(=O)OC. The largest absolute Gasteiger partial charge is 0.467 e. The lowest BCUT2D eigenvalue weighted by Crippen LogP contribution is -2.56. The number of methoxy groups -OCH3 is 1. The first-order valence-electron chi connectivity index (χ1n) is 14.0. The van der Waals surface area contributed by atoms with Crippen LogP contribution in [0.4, 0.5) is 4.79 Å². The van der Waals surface area contributed by atoms with E-state index in [0.29, 0.717) is 4.47 Å². The molecule has 0 radical (unpaired) electrons. The second-order valence-corrected chi connectivity index (χ2v) is 13.6. The Kier molecular flexibility index (Phi) is 10.0. The summed E-state index contributed by atoms with van der Waals surface area (Å²) in [5.41, 5.74) is -1.07. The molecule has 1 saturated heterocycles. The molecule has 0 bridgehead atoms. The Morgan fingerprint density at radius 3 is 2.35 bits per heavy atom. The van der Waals surface area contributed by atoms with E-state index in [-0.39, 0.29) is 41.9 Å². The first kappa shape index (κ1) is 32.7. The smallest absolute Gasteiger partial charge is 0.408 e. The van der Waals surface area contributed by atoms with Crippen LogP contribution in [0.1, 0.15) is 45.4 Å². The van der Waals surface area contributed by atoms with Crippen LogP contribution in [0.2, 0.25) is 0 Å². The van der Waals surface area contributed by atoms with E-state index in [1.54, 1.807) is 19.1 Å². The molecule has 1 aliphatic heterocycles. The Morgan fingerprint density at radius 2 is 1.79 bits per heavy atom. The van der Waals surface area contributed by atoms with Crippen molar-refractivity contribution in [1.82, 2.24) is 15.5 Å². The zero-order chi connectivity index (χ0) is 31.5. The van der Waals surface area contributed by atoms with E-state index in [2.05, 4.69) is 39.7 Å². The van der Waals surface area contributed by atoms with E-state index in [1.807, 2.05) is 0 Å². The van der Waals surface area contributed by atoms with Crippen molar-refractivity contribution >= 4 is 49.9 Å². The zero-order valence-corrected chi connectivity index (χ0v) is 26.4. The molecule has 3 fully saturated rings. The third kappa shape index (κ3) is 7.29. The summed E-state index contributed by atoms with van der Waals surface area (Å²) in [5.74, 6) is -2.45. The number of rotatable bonds is 11. The molecular weight excluding hydrogens is 646 g/mol. The van der Waals surface area contributed by atoms with Crippen LogP contribution >= 0.6 is 15.9 Å². The fourth-order valence-corrected chi connectivity index (χ4v) is 6.90. The number of nitrogens with zero attached hydrogens (tertiary/aromatic N) is 1. The number of amides is 3. The van der Waals surface area contributed by atoms with Crippen molar-refractivity contribution in [2.24, 2.45) is 5.92 Å². The van der Waals surface area contributed by atoms with Gasteiger partial charge in [-0.2, -0.15) is 8.42 Å². The number of carbonyl (C=O) groups is 4. The van der Waals surface area contributed by atoms with Crippen molar-refractivity contribution in [3.63, 3.8) is 0 Å². The van der Waals surface area contributed by atoms with Gasteiger partial charge in [-0.1, -0.05) is 28.6 Å². The van der Waals surface area contributed by atoms with E-state index in [9.17, 15) is 27.6 Å². The fraction of sp³-hybridized carbons (Fsp3) is 0.517. The number of carbonyl (C=O) groups excluding carboxylic acids is 4. The van der Waals surface area contributed by atoms with E-state index < -0.39 is 57.7 Å². The molecule has 12 nitrogen and oxygen atoms in total. The van der Waals surface area contributed by atoms with Crippen LogP contribution in [-0.4, -0.2) is 80.7 Å². The van der Waals surface area contributed by atoms with E-state index in [1.165, 1.54) is 25.3 Å². The molecule has 1 aromatic carbocycles. The quantitative estimate of drug-likeness (QED) is 0.204. The Hall–Kier alpha value is -3.23. The van der Waals surface area contributed by atoms with Gasteiger partial charge >= 0.3 is 12.1 Å². The number of hydrogen-bond donors (Lipinski definition) is 2. The van der Waals surface area contributed by atoms with Crippen molar-refractivity contribution in [1.29, 1.82) is 0 Å². The van der Waals surface area contributed by atoms with Gasteiger partial charge in [-0.3, -0.25) is 13.8 Å². The molecule has 5 atom stereocenters. The molecule has 1 unspecified atom stereocenters. The normalized spacial score (nSPS) is 25.8. The average Bonchev–Trinajstić information content (AvgIpc) is 3.24. The third-order valence-corrected chi connectivity index (χ3v) is 9.89. The molecule has 0 aromatic heterocycles. The lowest BCUT2D eigenvalue weighted by Gasteiger charge is -2.30. The molecule has 2 N–H and O–H groups in total. The molecule has 2 saturated carbocycles. The van der Waals surface area contributed by atoms with Gasteiger partial charge < -0.3 is 25.0 Å². The number of alkyl carbamates (subject to hydrolysis) is 1. The van der Waals surface area contributed by atoms with Crippen LogP contribution in [0.5, 0.6) is 0 Å². The summed E-state index contributed by atoms with van der Waals surface area (Å²) in [6.45, 7) is 8.79. The highest BCUT2D eigenvalue weighted by Gasteiger charge is 2.62. The number of hydrogen-bond acceptors (Lipinski definition) is 9. The minimum atomic E-state index is -4.27. The fourth-order valence-electron chi connectivity index (χ4n) is 5.55. The van der Waals surface area contributed by atoms with E-state index in [4.69, 9.17) is 13.7 Å². The molecule has 3 amide bonds. The number of ether oxygens (including phenoxy) is 2. The lowest BCUT2D eigenvalue weighted by molar-refractivity contribution is -0.148. The van der Waals surface area contributed by atoms with Crippen LogP contribution in [0.25, 0.3) is 0 Å². The molecular formula is C29H36BrN3O9S. The predicted molar refractivity (Wildman–Crippen MR) is 158 cm³/mol. The van der Waals surface area contributed by atoms with Crippen LogP contribution < -0.4 is 10.6 Å². The van der Waals surface area contributed by atoms with Crippen LogP contribution in [0.15, 0.2) is 58.4 Å². The first-order chi connectivity index (χ1) is 20.3. The summed E-state index contributed by atoms with van der Waals surface area (Å²) >= 11 is 3.26. The minimum Gasteiger partial charge on any atom is -0.467 e. The summed E-state index contributed by atoms with van der Waals surface area (Å²) in [5, 5.41) is 5.24. The minimum absolute atomic E-state index is 0.103. The Balaban J connectivity index is 1.57. The highest BCUT2D eigenvalue weighted by Crippen LogP contribution is 2.45. The monoisotopic (exact) mass is 681 g/mol. The maximum Gasteiger partial charge on any atom is 0.408 e. The molecule has 0 spiro atoms. The lowest BCUT2D eigenvalue weighted by atomic mass is 10.1. The molecule has 234 valence electrons. The summed E-state index contributed by atoms with van der Waals surface area (Å²) in [4.78, 5) is 53.8. The number of benzene rings is 1. The van der Waals surface area contributed by atoms with Crippen LogP contribution in [0.3, 0.4) is 0 Å². The molecule has 3 aliphatic rings. The summed E-state index contributed by atoms with van der Waals surface area (Å²) < 4.78 is 42.6. The molecule has 2 aliphatic carbocycles. The Bertz CT molecular complexity index is 1390. The van der Waals surface area contributed by atoms with Crippen molar-refractivity contribution in [3.05, 3.63) is 53.5 Å². The van der Waals surface area contributed by atoms with E-state index >= 15 is 0 Å². The summed E-state index contributed by atoms with van der Waals surface area (Å²) in [6, 6.07) is 3.32. The maximum absolute atomic E-state index is 13.9. The van der Waals surface area contributed by atoms with Gasteiger partial charge in [-0.25, -0.2) is 9.59 Å².